The van der Waals surface area contributed by atoms with E-state index in [1.165, 1.54) is 18.2 Å². The van der Waals surface area contributed by atoms with E-state index in [2.05, 4.69) is 0 Å². The summed E-state index contributed by atoms with van der Waals surface area (Å²) in [6.07, 6.45) is 0.621. The Bertz CT molecular complexity index is 540. The standard InChI is InChI=1S/C15H14ClFO2/c16-15-6-3-13(17)9-12(15)10-19-14-4-1-11(2-5-14)7-8-18/h1-6,9,18H,7-8,10H2. The maximum absolute atomic E-state index is 13.1. The van der Waals surface area contributed by atoms with Gasteiger partial charge in [0.15, 0.2) is 0 Å². The molecule has 0 aliphatic heterocycles. The fourth-order valence-electron chi connectivity index (χ4n) is 1.70. The van der Waals surface area contributed by atoms with Crippen molar-refractivity contribution in [2.45, 2.75) is 13.0 Å². The third-order valence-electron chi connectivity index (χ3n) is 2.73. The van der Waals surface area contributed by atoms with Crippen LogP contribution in [0.1, 0.15) is 11.1 Å². The van der Waals surface area contributed by atoms with Crippen LogP contribution in [0.2, 0.25) is 5.02 Å². The first-order valence-corrected chi connectivity index (χ1v) is 6.33. The zero-order valence-electron chi connectivity index (χ0n) is 10.3. The number of aliphatic hydroxyl groups is 1. The molecule has 0 aromatic heterocycles. The van der Waals surface area contributed by atoms with Crippen molar-refractivity contribution in [1.82, 2.24) is 0 Å². The van der Waals surface area contributed by atoms with E-state index in [-0.39, 0.29) is 19.0 Å². The minimum absolute atomic E-state index is 0.124. The van der Waals surface area contributed by atoms with E-state index in [1.807, 2.05) is 24.3 Å². The van der Waals surface area contributed by atoms with E-state index < -0.39 is 0 Å². The van der Waals surface area contributed by atoms with Gasteiger partial charge in [-0.3, -0.25) is 0 Å². The number of rotatable bonds is 5. The summed E-state index contributed by atoms with van der Waals surface area (Å²) in [6, 6.07) is 11.6. The Labute approximate surface area is 116 Å². The van der Waals surface area contributed by atoms with Gasteiger partial charge in [0.2, 0.25) is 0 Å². The molecule has 2 nitrogen and oxygen atoms in total. The number of hydrogen-bond donors (Lipinski definition) is 1. The second-order valence-corrected chi connectivity index (χ2v) is 4.55. The van der Waals surface area contributed by atoms with Gasteiger partial charge >= 0.3 is 0 Å². The van der Waals surface area contributed by atoms with E-state index in [0.29, 0.717) is 22.8 Å². The van der Waals surface area contributed by atoms with Gasteiger partial charge in [-0.15, -0.1) is 0 Å². The Hall–Kier alpha value is -1.58. The molecule has 1 N–H and O–H groups in total. The number of halogens is 2. The molecule has 2 aromatic rings. The van der Waals surface area contributed by atoms with Crippen LogP contribution < -0.4 is 4.74 Å². The van der Waals surface area contributed by atoms with Crippen LogP contribution in [0.4, 0.5) is 4.39 Å². The lowest BCUT2D eigenvalue weighted by Crippen LogP contribution is -1.97. The Balaban J connectivity index is 2.00. The van der Waals surface area contributed by atoms with Crippen molar-refractivity contribution >= 4 is 11.6 Å². The van der Waals surface area contributed by atoms with Gasteiger partial charge in [-0.2, -0.15) is 0 Å². The molecule has 2 aromatic carbocycles. The molecule has 0 bridgehead atoms. The van der Waals surface area contributed by atoms with Gasteiger partial charge in [0.25, 0.3) is 0 Å². The summed E-state index contributed by atoms with van der Waals surface area (Å²) in [5.41, 5.74) is 1.65. The largest absolute Gasteiger partial charge is 0.489 e. The Morgan fingerprint density at radius 3 is 2.53 bits per heavy atom. The average Bonchev–Trinajstić information content (AvgIpc) is 2.42. The van der Waals surface area contributed by atoms with Crippen LogP contribution in [0.3, 0.4) is 0 Å². The van der Waals surface area contributed by atoms with Gasteiger partial charge < -0.3 is 9.84 Å². The minimum atomic E-state index is -0.332. The first-order valence-electron chi connectivity index (χ1n) is 5.95. The average molecular weight is 281 g/mol. The zero-order valence-corrected chi connectivity index (χ0v) is 11.0. The highest BCUT2D eigenvalue weighted by molar-refractivity contribution is 6.31. The van der Waals surface area contributed by atoms with E-state index in [9.17, 15) is 4.39 Å². The van der Waals surface area contributed by atoms with Crippen molar-refractivity contribution in [1.29, 1.82) is 0 Å². The smallest absolute Gasteiger partial charge is 0.123 e. The maximum Gasteiger partial charge on any atom is 0.123 e. The summed E-state index contributed by atoms with van der Waals surface area (Å²) in [7, 11) is 0. The van der Waals surface area contributed by atoms with E-state index in [4.69, 9.17) is 21.4 Å². The summed E-state index contributed by atoms with van der Waals surface area (Å²) in [4.78, 5) is 0. The van der Waals surface area contributed by atoms with Crippen molar-refractivity contribution < 1.29 is 14.2 Å². The minimum Gasteiger partial charge on any atom is -0.489 e. The highest BCUT2D eigenvalue weighted by Gasteiger charge is 2.03. The molecule has 2 rings (SSSR count). The van der Waals surface area contributed by atoms with Crippen LogP contribution in [-0.2, 0) is 13.0 Å². The van der Waals surface area contributed by atoms with Gasteiger partial charge in [-0.05, 0) is 42.3 Å². The van der Waals surface area contributed by atoms with Gasteiger partial charge in [0, 0.05) is 17.2 Å². The van der Waals surface area contributed by atoms with Crippen LogP contribution in [-0.4, -0.2) is 11.7 Å². The predicted octanol–water partition coefficient (Wildman–Crippen LogP) is 3.59. The molecule has 0 fully saturated rings. The first-order chi connectivity index (χ1) is 9.19. The topological polar surface area (TPSA) is 29.5 Å². The predicted molar refractivity (Wildman–Crippen MR) is 73.0 cm³/mol. The molecule has 0 aliphatic carbocycles. The van der Waals surface area contributed by atoms with E-state index in [1.54, 1.807) is 0 Å². The molecule has 0 aliphatic rings. The Morgan fingerprint density at radius 2 is 1.84 bits per heavy atom. The van der Waals surface area contributed by atoms with Crippen LogP contribution in [0.25, 0.3) is 0 Å². The molecule has 0 unspecified atom stereocenters. The highest BCUT2D eigenvalue weighted by Crippen LogP contribution is 2.20. The summed E-state index contributed by atoms with van der Waals surface area (Å²) in [5.74, 6) is 0.350. The van der Waals surface area contributed by atoms with E-state index in [0.717, 1.165) is 5.56 Å². The summed E-state index contributed by atoms with van der Waals surface area (Å²) in [6.45, 7) is 0.342. The Kier molecular flexibility index (Phi) is 4.77. The summed E-state index contributed by atoms with van der Waals surface area (Å²) >= 11 is 5.95. The lowest BCUT2D eigenvalue weighted by molar-refractivity contribution is 0.298. The SMILES string of the molecule is OCCc1ccc(OCc2cc(F)ccc2Cl)cc1. The van der Waals surface area contributed by atoms with Crippen molar-refractivity contribution in [3.05, 3.63) is 64.4 Å². The monoisotopic (exact) mass is 280 g/mol. The highest BCUT2D eigenvalue weighted by atomic mass is 35.5. The van der Waals surface area contributed by atoms with E-state index >= 15 is 0 Å². The van der Waals surface area contributed by atoms with Crippen LogP contribution in [0.15, 0.2) is 42.5 Å². The van der Waals surface area contributed by atoms with Crippen molar-refractivity contribution in [2.75, 3.05) is 6.61 Å². The van der Waals surface area contributed by atoms with Gasteiger partial charge in [-0.25, -0.2) is 4.39 Å². The third-order valence-corrected chi connectivity index (χ3v) is 3.09. The number of aliphatic hydroxyl groups excluding tert-OH is 1. The lowest BCUT2D eigenvalue weighted by atomic mass is 10.1. The van der Waals surface area contributed by atoms with Crippen molar-refractivity contribution in [3.63, 3.8) is 0 Å². The maximum atomic E-state index is 13.1. The molecule has 0 saturated heterocycles. The van der Waals surface area contributed by atoms with Crippen molar-refractivity contribution in [3.8, 4) is 5.75 Å². The second-order valence-electron chi connectivity index (χ2n) is 4.14. The van der Waals surface area contributed by atoms with Crippen LogP contribution in [0.5, 0.6) is 5.75 Å². The normalized spacial score (nSPS) is 10.5. The third kappa shape index (κ3) is 3.94. The molecule has 0 saturated carbocycles. The zero-order chi connectivity index (χ0) is 13.7. The number of ether oxygens (including phenoxy) is 1. The van der Waals surface area contributed by atoms with Crippen LogP contribution in [0, 0.1) is 5.82 Å². The Morgan fingerprint density at radius 1 is 1.11 bits per heavy atom. The molecular formula is C15H14ClFO2. The number of hydrogen-bond acceptors (Lipinski definition) is 2. The fourth-order valence-corrected chi connectivity index (χ4v) is 1.87. The van der Waals surface area contributed by atoms with Gasteiger partial charge in [0.1, 0.15) is 18.2 Å². The van der Waals surface area contributed by atoms with Gasteiger partial charge in [0.05, 0.1) is 0 Å². The molecule has 0 radical (unpaired) electrons. The van der Waals surface area contributed by atoms with Crippen molar-refractivity contribution in [2.24, 2.45) is 0 Å². The summed E-state index contributed by atoms with van der Waals surface area (Å²) in [5, 5.41) is 9.30. The molecule has 0 amide bonds. The van der Waals surface area contributed by atoms with Gasteiger partial charge in [-0.1, -0.05) is 23.7 Å². The van der Waals surface area contributed by atoms with Crippen LogP contribution >= 0.6 is 11.6 Å². The molecule has 0 atom stereocenters. The molecular weight excluding hydrogens is 267 g/mol. The number of benzene rings is 2. The molecule has 19 heavy (non-hydrogen) atoms. The molecule has 0 heterocycles. The molecule has 100 valence electrons. The first kappa shape index (κ1) is 13.8. The lowest BCUT2D eigenvalue weighted by Gasteiger charge is -2.08. The molecule has 4 heteroatoms. The second kappa shape index (κ2) is 6.55. The fraction of sp³-hybridized carbons (Fsp3) is 0.200. The quantitative estimate of drug-likeness (QED) is 0.907. The molecule has 0 spiro atoms. The summed E-state index contributed by atoms with van der Waals surface area (Å²) < 4.78 is 18.6.